The number of rotatable bonds is 9. The zero-order chi connectivity index (χ0) is 17.9. The summed E-state index contributed by atoms with van der Waals surface area (Å²) in [7, 11) is 1.56. The second kappa shape index (κ2) is 9.95. The number of carbonyl (C=O) groups excluding carboxylic acids is 1. The molecule has 0 aliphatic rings. The number of hydrogen-bond donors (Lipinski definition) is 1. The van der Waals surface area contributed by atoms with Crippen LogP contribution in [0.4, 0.5) is 0 Å². The summed E-state index contributed by atoms with van der Waals surface area (Å²) < 4.78 is 10.8. The van der Waals surface area contributed by atoms with Crippen molar-refractivity contribution < 1.29 is 19.1 Å². The van der Waals surface area contributed by atoms with Crippen molar-refractivity contribution in [2.45, 2.75) is 6.61 Å². The lowest BCUT2D eigenvalue weighted by Crippen LogP contribution is -2.21. The Morgan fingerprint density at radius 1 is 1.16 bits per heavy atom. The zero-order valence-corrected chi connectivity index (χ0v) is 14.1. The van der Waals surface area contributed by atoms with E-state index in [1.165, 1.54) is 6.08 Å². The highest BCUT2D eigenvalue weighted by molar-refractivity contribution is 5.91. The van der Waals surface area contributed by atoms with Gasteiger partial charge in [0.05, 0.1) is 13.7 Å². The third-order valence-corrected chi connectivity index (χ3v) is 3.23. The van der Waals surface area contributed by atoms with E-state index >= 15 is 0 Å². The fourth-order valence-electron chi connectivity index (χ4n) is 2.03. The third kappa shape index (κ3) is 6.16. The van der Waals surface area contributed by atoms with Crippen molar-refractivity contribution in [3.8, 4) is 11.5 Å². The van der Waals surface area contributed by atoms with Crippen LogP contribution in [0, 0.1) is 0 Å². The van der Waals surface area contributed by atoms with Crippen molar-refractivity contribution in [3.63, 3.8) is 0 Å². The lowest BCUT2D eigenvalue weighted by Gasteiger charge is -2.09. The molecule has 1 N–H and O–H groups in total. The quantitative estimate of drug-likeness (QED) is 0.431. The summed E-state index contributed by atoms with van der Waals surface area (Å²) in [6.45, 7) is 4.31. The molecule has 0 heterocycles. The Kier molecular flexibility index (Phi) is 7.28. The molecule has 2 rings (SSSR count). The number of carbonyl (C=O) groups is 1. The average Bonchev–Trinajstić information content (AvgIpc) is 2.65. The maximum absolute atomic E-state index is 11.8. The first-order chi connectivity index (χ1) is 12.2. The highest BCUT2D eigenvalue weighted by Gasteiger charge is 2.04. The van der Waals surface area contributed by atoms with Gasteiger partial charge in [-0.25, -0.2) is 5.48 Å². The fourth-order valence-corrected chi connectivity index (χ4v) is 2.03. The molecule has 1 amide bonds. The Bertz CT molecular complexity index is 726. The topological polar surface area (TPSA) is 56.8 Å². The van der Waals surface area contributed by atoms with Crippen molar-refractivity contribution in [2.75, 3.05) is 13.7 Å². The normalized spacial score (nSPS) is 10.4. The summed E-state index contributed by atoms with van der Waals surface area (Å²) in [5, 5.41) is 0. The number of ether oxygens (including phenoxy) is 2. The third-order valence-electron chi connectivity index (χ3n) is 3.23. The number of methoxy groups -OCH3 is 1. The van der Waals surface area contributed by atoms with E-state index in [0.29, 0.717) is 24.7 Å². The van der Waals surface area contributed by atoms with Gasteiger partial charge in [0.15, 0.2) is 11.5 Å². The minimum atomic E-state index is -0.345. The van der Waals surface area contributed by atoms with Crippen LogP contribution in [0.3, 0.4) is 0 Å². The first-order valence-corrected chi connectivity index (χ1v) is 7.78. The van der Waals surface area contributed by atoms with Crippen LogP contribution < -0.4 is 15.0 Å². The maximum Gasteiger partial charge on any atom is 0.267 e. The van der Waals surface area contributed by atoms with Gasteiger partial charge in [-0.05, 0) is 29.3 Å². The molecule has 25 heavy (non-hydrogen) atoms. The van der Waals surface area contributed by atoms with Gasteiger partial charge in [0.2, 0.25) is 0 Å². The molecule has 0 spiro atoms. The Balaban J connectivity index is 1.87. The van der Waals surface area contributed by atoms with Gasteiger partial charge in [-0.2, -0.15) is 0 Å². The van der Waals surface area contributed by atoms with Gasteiger partial charge in [0.25, 0.3) is 5.91 Å². The molecule has 5 nitrogen and oxygen atoms in total. The number of benzene rings is 2. The average molecular weight is 339 g/mol. The second-order valence-corrected chi connectivity index (χ2v) is 5.08. The summed E-state index contributed by atoms with van der Waals surface area (Å²) in [6.07, 6.45) is 4.72. The summed E-state index contributed by atoms with van der Waals surface area (Å²) in [6, 6.07) is 15.0. The fraction of sp³-hybridized carbons (Fsp3) is 0.150. The number of hydroxylamine groups is 1. The van der Waals surface area contributed by atoms with Gasteiger partial charge in [0, 0.05) is 6.08 Å². The monoisotopic (exact) mass is 339 g/mol. The van der Waals surface area contributed by atoms with Crippen molar-refractivity contribution in [3.05, 3.63) is 78.4 Å². The Labute approximate surface area is 147 Å². The second-order valence-electron chi connectivity index (χ2n) is 5.08. The molecule has 0 saturated heterocycles. The smallest absolute Gasteiger partial charge is 0.267 e. The SMILES string of the molecule is C=CCOc1ccc(/C=C/C(=O)NOCc2ccccc2)cc1OC. The first-order valence-electron chi connectivity index (χ1n) is 7.78. The van der Waals surface area contributed by atoms with Crippen LogP contribution in [0.1, 0.15) is 11.1 Å². The molecule has 0 fully saturated rings. The molecule has 0 saturated carbocycles. The molecular formula is C20H21NO4. The Morgan fingerprint density at radius 2 is 1.96 bits per heavy atom. The molecule has 2 aromatic rings. The van der Waals surface area contributed by atoms with Crippen molar-refractivity contribution in [1.82, 2.24) is 5.48 Å². The summed E-state index contributed by atoms with van der Waals surface area (Å²) >= 11 is 0. The molecule has 0 bridgehead atoms. The minimum absolute atomic E-state index is 0.309. The Morgan fingerprint density at radius 3 is 2.68 bits per heavy atom. The van der Waals surface area contributed by atoms with Crippen molar-refractivity contribution in [2.24, 2.45) is 0 Å². The highest BCUT2D eigenvalue weighted by Crippen LogP contribution is 2.28. The van der Waals surface area contributed by atoms with Crippen LogP contribution in [0.2, 0.25) is 0 Å². The van der Waals surface area contributed by atoms with Gasteiger partial charge in [-0.3, -0.25) is 9.63 Å². The van der Waals surface area contributed by atoms with Gasteiger partial charge < -0.3 is 9.47 Å². The highest BCUT2D eigenvalue weighted by atomic mass is 16.6. The van der Waals surface area contributed by atoms with E-state index in [2.05, 4.69) is 12.1 Å². The van der Waals surface area contributed by atoms with Gasteiger partial charge in [-0.15, -0.1) is 0 Å². The van der Waals surface area contributed by atoms with Gasteiger partial charge in [0.1, 0.15) is 6.61 Å². The molecule has 0 unspecified atom stereocenters. The minimum Gasteiger partial charge on any atom is -0.493 e. The van der Waals surface area contributed by atoms with Crippen LogP contribution in [-0.4, -0.2) is 19.6 Å². The largest absolute Gasteiger partial charge is 0.493 e. The molecule has 0 aliphatic carbocycles. The summed E-state index contributed by atoms with van der Waals surface area (Å²) in [5.74, 6) is 0.863. The van der Waals surface area contributed by atoms with E-state index < -0.39 is 0 Å². The van der Waals surface area contributed by atoms with Crippen molar-refractivity contribution in [1.29, 1.82) is 0 Å². The molecular weight excluding hydrogens is 318 g/mol. The molecule has 2 aromatic carbocycles. The Hall–Kier alpha value is -3.05. The van der Waals surface area contributed by atoms with E-state index in [1.54, 1.807) is 31.4 Å². The van der Waals surface area contributed by atoms with Gasteiger partial charge in [-0.1, -0.05) is 49.1 Å². The summed E-state index contributed by atoms with van der Waals surface area (Å²) in [4.78, 5) is 17.0. The zero-order valence-electron chi connectivity index (χ0n) is 14.1. The van der Waals surface area contributed by atoms with Crippen LogP contribution in [0.15, 0.2) is 67.3 Å². The van der Waals surface area contributed by atoms with E-state index in [-0.39, 0.29) is 5.91 Å². The van der Waals surface area contributed by atoms with E-state index in [4.69, 9.17) is 14.3 Å². The first kappa shape index (κ1) is 18.3. The molecule has 0 atom stereocenters. The van der Waals surface area contributed by atoms with Crippen LogP contribution in [0.5, 0.6) is 11.5 Å². The van der Waals surface area contributed by atoms with E-state index in [9.17, 15) is 4.79 Å². The van der Waals surface area contributed by atoms with Crippen LogP contribution in [-0.2, 0) is 16.2 Å². The van der Waals surface area contributed by atoms with E-state index in [1.807, 2.05) is 36.4 Å². The predicted octanol–water partition coefficient (Wildman–Crippen LogP) is 3.52. The molecule has 5 heteroatoms. The van der Waals surface area contributed by atoms with Crippen LogP contribution >= 0.6 is 0 Å². The molecule has 130 valence electrons. The molecule has 0 aromatic heterocycles. The van der Waals surface area contributed by atoms with Crippen molar-refractivity contribution >= 4 is 12.0 Å². The van der Waals surface area contributed by atoms with Gasteiger partial charge >= 0.3 is 0 Å². The lowest BCUT2D eigenvalue weighted by atomic mass is 10.2. The molecule has 0 aliphatic heterocycles. The molecule has 0 radical (unpaired) electrons. The van der Waals surface area contributed by atoms with E-state index in [0.717, 1.165) is 11.1 Å². The number of amides is 1. The standard InChI is InChI=1S/C20H21NO4/c1-3-13-24-18-11-9-16(14-19(18)23-2)10-12-20(22)21-25-15-17-7-5-4-6-8-17/h3-12,14H,1,13,15H2,2H3,(H,21,22)/b12-10+. The summed E-state index contributed by atoms with van der Waals surface area (Å²) in [5.41, 5.74) is 4.16. The predicted molar refractivity (Wildman–Crippen MR) is 97.1 cm³/mol. The number of hydrogen-bond acceptors (Lipinski definition) is 4. The van der Waals surface area contributed by atoms with Crippen LogP contribution in [0.25, 0.3) is 6.08 Å². The maximum atomic E-state index is 11.8. The lowest BCUT2D eigenvalue weighted by molar-refractivity contribution is -0.129. The number of nitrogens with one attached hydrogen (secondary N) is 1.